The van der Waals surface area contributed by atoms with Gasteiger partial charge < -0.3 is 16.0 Å². The topological polar surface area (TPSA) is 64.5 Å². The molecule has 0 saturated carbocycles. The molecule has 3 heteroatoms. The van der Waals surface area contributed by atoms with Crippen molar-refractivity contribution in [2.75, 3.05) is 7.11 Å². The molecule has 4 N–H and O–H groups in total. The lowest BCUT2D eigenvalue weighted by Crippen LogP contribution is -1.86. The minimum absolute atomic E-state index is 0. The van der Waals surface area contributed by atoms with Crippen molar-refractivity contribution in [1.29, 1.82) is 0 Å². The Hall–Kier alpha value is -1.48. The quantitative estimate of drug-likeness (QED) is 0.703. The van der Waals surface area contributed by atoms with E-state index in [1.807, 2.05) is 12.1 Å². The highest BCUT2D eigenvalue weighted by molar-refractivity contribution is 5.42. The van der Waals surface area contributed by atoms with Crippen LogP contribution in [0.5, 0.6) is 11.5 Å². The lowest BCUT2D eigenvalue weighted by molar-refractivity contribution is 0.373. The molecule has 3 nitrogen and oxygen atoms in total. The summed E-state index contributed by atoms with van der Waals surface area (Å²) in [4.78, 5) is 0. The van der Waals surface area contributed by atoms with Crippen LogP contribution in [-0.2, 0) is 6.42 Å². The third-order valence-electron chi connectivity index (χ3n) is 1.62. The summed E-state index contributed by atoms with van der Waals surface area (Å²) in [5, 5.41) is 9.25. The molecule has 0 bridgehead atoms. The van der Waals surface area contributed by atoms with E-state index in [0.29, 0.717) is 5.75 Å². The van der Waals surface area contributed by atoms with Crippen LogP contribution < -0.4 is 10.9 Å². The first-order valence-electron chi connectivity index (χ1n) is 3.74. The van der Waals surface area contributed by atoms with Crippen LogP contribution in [0, 0.1) is 0 Å². The maximum Gasteiger partial charge on any atom is 0.160 e. The van der Waals surface area contributed by atoms with E-state index in [1.165, 1.54) is 7.11 Å². The molecule has 1 rings (SSSR count). The average molecular weight is 181 g/mol. The van der Waals surface area contributed by atoms with Gasteiger partial charge in [-0.1, -0.05) is 12.1 Å². The Kier molecular flexibility index (Phi) is 4.62. The molecule has 0 aliphatic carbocycles. The first-order valence-corrected chi connectivity index (χ1v) is 3.74. The third-order valence-corrected chi connectivity index (χ3v) is 1.62. The summed E-state index contributed by atoms with van der Waals surface area (Å²) < 4.78 is 4.95. The van der Waals surface area contributed by atoms with E-state index in [1.54, 1.807) is 12.1 Å². The number of hydrogen-bond acceptors (Lipinski definition) is 3. The highest BCUT2D eigenvalue weighted by atomic mass is 16.5. The Morgan fingerprint density at radius 1 is 1.54 bits per heavy atom. The fraction of sp³-hybridized carbons (Fsp3) is 0.200. The van der Waals surface area contributed by atoms with Crippen LogP contribution in [0.15, 0.2) is 30.9 Å². The summed E-state index contributed by atoms with van der Waals surface area (Å²) in [6, 6.07) is 5.27. The van der Waals surface area contributed by atoms with E-state index in [0.717, 1.165) is 12.0 Å². The second-order valence-electron chi connectivity index (χ2n) is 2.50. The van der Waals surface area contributed by atoms with Gasteiger partial charge in [0, 0.05) is 0 Å². The van der Waals surface area contributed by atoms with Crippen LogP contribution in [0.3, 0.4) is 0 Å². The molecular weight excluding hydrogens is 166 g/mol. The van der Waals surface area contributed by atoms with Crippen molar-refractivity contribution in [1.82, 2.24) is 6.15 Å². The standard InChI is InChI=1S/C10H12O2.H3N/c1-3-4-8-5-6-9(11)10(7-8)12-2;/h3,5-7,11H,1,4H2,2H3;1H3. The normalized spacial score (nSPS) is 8.69. The van der Waals surface area contributed by atoms with Gasteiger partial charge in [0.15, 0.2) is 11.5 Å². The molecule has 0 saturated heterocycles. The Balaban J connectivity index is 0.00000144. The van der Waals surface area contributed by atoms with Crippen LogP contribution >= 0.6 is 0 Å². The third kappa shape index (κ3) is 2.80. The number of phenolic OH excluding ortho intramolecular Hbond substituents is 1. The molecule has 13 heavy (non-hydrogen) atoms. The van der Waals surface area contributed by atoms with Gasteiger partial charge in [-0.3, -0.25) is 0 Å². The van der Waals surface area contributed by atoms with Crippen LogP contribution in [0.1, 0.15) is 5.56 Å². The summed E-state index contributed by atoms with van der Waals surface area (Å²) in [7, 11) is 1.53. The van der Waals surface area contributed by atoms with Crippen LogP contribution in [0.4, 0.5) is 0 Å². The minimum Gasteiger partial charge on any atom is -0.504 e. The predicted molar refractivity (Wildman–Crippen MR) is 53.6 cm³/mol. The zero-order valence-corrected chi connectivity index (χ0v) is 7.79. The SMILES string of the molecule is C=CCc1ccc(O)c(OC)c1.N. The van der Waals surface area contributed by atoms with Gasteiger partial charge in [-0.2, -0.15) is 0 Å². The molecule has 0 aliphatic heterocycles. The lowest BCUT2D eigenvalue weighted by atomic mass is 10.1. The van der Waals surface area contributed by atoms with Gasteiger partial charge in [0.25, 0.3) is 0 Å². The number of benzene rings is 1. The van der Waals surface area contributed by atoms with Crippen molar-refractivity contribution < 1.29 is 9.84 Å². The monoisotopic (exact) mass is 181 g/mol. The molecule has 0 amide bonds. The zero-order chi connectivity index (χ0) is 8.97. The average Bonchev–Trinajstić information content (AvgIpc) is 2.09. The van der Waals surface area contributed by atoms with E-state index in [-0.39, 0.29) is 11.9 Å². The van der Waals surface area contributed by atoms with Gasteiger partial charge >= 0.3 is 0 Å². The Bertz CT molecular complexity index is 284. The summed E-state index contributed by atoms with van der Waals surface area (Å²) in [6.45, 7) is 3.63. The molecular formula is C10H15NO2. The second kappa shape index (κ2) is 5.22. The number of ether oxygens (including phenoxy) is 1. The number of allylic oxidation sites excluding steroid dienone is 1. The van der Waals surface area contributed by atoms with E-state index in [4.69, 9.17) is 4.74 Å². The highest BCUT2D eigenvalue weighted by Crippen LogP contribution is 2.26. The van der Waals surface area contributed by atoms with Gasteiger partial charge in [-0.05, 0) is 24.1 Å². The van der Waals surface area contributed by atoms with Crippen molar-refractivity contribution in [3.05, 3.63) is 36.4 Å². The summed E-state index contributed by atoms with van der Waals surface area (Å²) in [5.74, 6) is 0.680. The second-order valence-corrected chi connectivity index (χ2v) is 2.50. The van der Waals surface area contributed by atoms with E-state index < -0.39 is 0 Å². The minimum atomic E-state index is 0. The molecule has 0 aliphatic rings. The molecule has 72 valence electrons. The number of phenols is 1. The van der Waals surface area contributed by atoms with Gasteiger partial charge in [0.05, 0.1) is 7.11 Å². The molecule has 0 spiro atoms. The first kappa shape index (κ1) is 11.5. The number of hydrogen-bond donors (Lipinski definition) is 2. The predicted octanol–water partition coefficient (Wildman–Crippen LogP) is 2.29. The lowest BCUT2D eigenvalue weighted by Gasteiger charge is -2.04. The number of aromatic hydroxyl groups is 1. The summed E-state index contributed by atoms with van der Waals surface area (Å²) in [5.41, 5.74) is 1.08. The highest BCUT2D eigenvalue weighted by Gasteiger charge is 2.00. The Morgan fingerprint density at radius 2 is 2.23 bits per heavy atom. The van der Waals surface area contributed by atoms with Crippen molar-refractivity contribution in [3.63, 3.8) is 0 Å². The van der Waals surface area contributed by atoms with Gasteiger partial charge in [-0.15, -0.1) is 6.58 Å². The molecule has 1 aromatic rings. The number of rotatable bonds is 3. The molecule has 1 aromatic carbocycles. The molecule has 0 atom stereocenters. The van der Waals surface area contributed by atoms with Crippen molar-refractivity contribution in [2.45, 2.75) is 6.42 Å². The smallest absolute Gasteiger partial charge is 0.160 e. The Morgan fingerprint density at radius 3 is 2.77 bits per heavy atom. The van der Waals surface area contributed by atoms with Crippen LogP contribution in [0.2, 0.25) is 0 Å². The fourth-order valence-corrected chi connectivity index (χ4v) is 1.02. The van der Waals surface area contributed by atoms with Crippen molar-refractivity contribution >= 4 is 0 Å². The first-order chi connectivity index (χ1) is 5.77. The molecule has 0 fully saturated rings. The van der Waals surface area contributed by atoms with Gasteiger partial charge in [-0.25, -0.2) is 0 Å². The zero-order valence-electron chi connectivity index (χ0n) is 7.79. The van der Waals surface area contributed by atoms with Gasteiger partial charge in [0.1, 0.15) is 0 Å². The van der Waals surface area contributed by atoms with Crippen LogP contribution in [-0.4, -0.2) is 12.2 Å². The van der Waals surface area contributed by atoms with Crippen molar-refractivity contribution in [3.8, 4) is 11.5 Å². The summed E-state index contributed by atoms with van der Waals surface area (Å²) >= 11 is 0. The molecule has 0 heterocycles. The maximum absolute atomic E-state index is 9.25. The van der Waals surface area contributed by atoms with E-state index >= 15 is 0 Å². The molecule has 0 radical (unpaired) electrons. The van der Waals surface area contributed by atoms with E-state index in [9.17, 15) is 5.11 Å². The van der Waals surface area contributed by atoms with Gasteiger partial charge in [0.2, 0.25) is 0 Å². The molecule has 0 unspecified atom stereocenters. The van der Waals surface area contributed by atoms with Crippen molar-refractivity contribution in [2.24, 2.45) is 0 Å². The molecule has 0 aromatic heterocycles. The summed E-state index contributed by atoms with van der Waals surface area (Å²) in [6.07, 6.45) is 2.60. The number of methoxy groups -OCH3 is 1. The largest absolute Gasteiger partial charge is 0.504 e. The van der Waals surface area contributed by atoms with E-state index in [2.05, 4.69) is 6.58 Å². The fourth-order valence-electron chi connectivity index (χ4n) is 1.02. The Labute approximate surface area is 78.2 Å². The maximum atomic E-state index is 9.25. The van der Waals surface area contributed by atoms with Crippen LogP contribution in [0.25, 0.3) is 0 Å².